The van der Waals surface area contributed by atoms with Gasteiger partial charge in [0.2, 0.25) is 0 Å². The van der Waals surface area contributed by atoms with Crippen molar-refractivity contribution in [3.05, 3.63) is 42.3 Å². The van der Waals surface area contributed by atoms with Gasteiger partial charge in [0.1, 0.15) is 16.6 Å². The fraction of sp³-hybridized carbons (Fsp3) is 0.0769. The molecule has 0 saturated carbocycles. The highest BCUT2D eigenvalue weighted by Crippen LogP contribution is 2.31. The van der Waals surface area contributed by atoms with Crippen LogP contribution in [0.2, 0.25) is 0 Å². The van der Waals surface area contributed by atoms with Crippen molar-refractivity contribution in [1.82, 2.24) is 9.97 Å². The summed E-state index contributed by atoms with van der Waals surface area (Å²) in [4.78, 5) is 8.49. The van der Waals surface area contributed by atoms with Crippen LogP contribution in [0.15, 0.2) is 36.5 Å². The summed E-state index contributed by atoms with van der Waals surface area (Å²) in [5, 5.41) is 0.776. The van der Waals surface area contributed by atoms with Crippen LogP contribution in [-0.2, 0) is 0 Å². The van der Waals surface area contributed by atoms with Gasteiger partial charge >= 0.3 is 0 Å². The van der Waals surface area contributed by atoms with Crippen LogP contribution in [0.4, 0.5) is 4.39 Å². The molecule has 0 aliphatic heterocycles. The van der Waals surface area contributed by atoms with E-state index in [0.29, 0.717) is 5.69 Å². The number of thiazole rings is 1. The molecule has 18 heavy (non-hydrogen) atoms. The molecule has 90 valence electrons. The molecule has 2 heterocycles. The number of fused-ring (bicyclic) bond motifs is 1. The van der Waals surface area contributed by atoms with Gasteiger partial charge in [0.15, 0.2) is 0 Å². The van der Waals surface area contributed by atoms with Gasteiger partial charge in [0.25, 0.3) is 0 Å². The van der Waals surface area contributed by atoms with Gasteiger partial charge in [0, 0.05) is 0 Å². The molecule has 0 unspecified atom stereocenters. The number of ether oxygens (including phenoxy) is 1. The molecule has 0 bridgehead atoms. The maximum Gasteiger partial charge on any atom is 0.143 e. The Morgan fingerprint density at radius 2 is 2.11 bits per heavy atom. The number of aromatic nitrogens is 2. The van der Waals surface area contributed by atoms with E-state index in [4.69, 9.17) is 4.74 Å². The Labute approximate surface area is 107 Å². The molecule has 0 aliphatic carbocycles. The number of methoxy groups -OCH3 is 1. The molecule has 3 aromatic rings. The van der Waals surface area contributed by atoms with Crippen molar-refractivity contribution in [2.24, 2.45) is 0 Å². The maximum absolute atomic E-state index is 12.8. The first-order valence-corrected chi connectivity index (χ1v) is 6.14. The fourth-order valence-electron chi connectivity index (χ4n) is 1.64. The Balaban J connectivity index is 2.10. The van der Waals surface area contributed by atoms with Crippen molar-refractivity contribution in [2.75, 3.05) is 7.11 Å². The summed E-state index contributed by atoms with van der Waals surface area (Å²) in [7, 11) is 1.63. The van der Waals surface area contributed by atoms with Gasteiger partial charge in [-0.05, 0) is 30.3 Å². The third-order valence-corrected chi connectivity index (χ3v) is 3.58. The molecule has 0 spiro atoms. The van der Waals surface area contributed by atoms with Crippen molar-refractivity contribution in [1.29, 1.82) is 0 Å². The van der Waals surface area contributed by atoms with Crippen molar-refractivity contribution < 1.29 is 9.13 Å². The topological polar surface area (TPSA) is 35.0 Å². The SMILES string of the molecule is COc1ccc2nc(-c3ccc(F)cn3)sc2c1. The number of halogens is 1. The Morgan fingerprint density at radius 1 is 1.22 bits per heavy atom. The highest BCUT2D eigenvalue weighted by atomic mass is 32.1. The van der Waals surface area contributed by atoms with Gasteiger partial charge in [-0.2, -0.15) is 0 Å². The summed E-state index contributed by atoms with van der Waals surface area (Å²) in [5.74, 6) is 0.450. The second-order valence-corrected chi connectivity index (χ2v) is 4.74. The van der Waals surface area contributed by atoms with E-state index in [9.17, 15) is 4.39 Å². The van der Waals surface area contributed by atoms with Crippen LogP contribution >= 0.6 is 11.3 Å². The maximum atomic E-state index is 12.8. The van der Waals surface area contributed by atoms with Gasteiger partial charge in [-0.3, -0.25) is 4.98 Å². The van der Waals surface area contributed by atoms with Crippen LogP contribution in [0, 0.1) is 5.82 Å². The molecule has 0 saturated heterocycles. The van der Waals surface area contributed by atoms with E-state index in [0.717, 1.165) is 21.0 Å². The normalized spacial score (nSPS) is 10.8. The standard InChI is InChI=1S/C13H9FN2OS/c1-17-9-3-5-10-12(6-9)18-13(16-10)11-4-2-8(14)7-15-11/h2-7H,1H3. The summed E-state index contributed by atoms with van der Waals surface area (Å²) in [6.45, 7) is 0. The first kappa shape index (κ1) is 11.1. The summed E-state index contributed by atoms with van der Waals surface area (Å²) in [5.41, 5.74) is 1.57. The van der Waals surface area contributed by atoms with Crippen LogP contribution < -0.4 is 4.74 Å². The van der Waals surface area contributed by atoms with E-state index < -0.39 is 0 Å². The highest BCUT2D eigenvalue weighted by molar-refractivity contribution is 7.21. The highest BCUT2D eigenvalue weighted by Gasteiger charge is 2.08. The molecule has 0 fully saturated rings. The Morgan fingerprint density at radius 3 is 2.83 bits per heavy atom. The fourth-order valence-corrected chi connectivity index (χ4v) is 2.61. The lowest BCUT2D eigenvalue weighted by molar-refractivity contribution is 0.415. The van der Waals surface area contributed by atoms with E-state index in [1.165, 1.54) is 23.6 Å². The molecule has 0 aliphatic rings. The quantitative estimate of drug-likeness (QED) is 0.707. The number of benzene rings is 1. The minimum absolute atomic E-state index is 0.346. The number of hydrogen-bond acceptors (Lipinski definition) is 4. The molecule has 0 atom stereocenters. The van der Waals surface area contributed by atoms with Crippen molar-refractivity contribution >= 4 is 21.6 Å². The van der Waals surface area contributed by atoms with Crippen LogP contribution in [0.5, 0.6) is 5.75 Å². The Bertz CT molecular complexity index is 694. The molecular formula is C13H9FN2OS. The van der Waals surface area contributed by atoms with Crippen LogP contribution in [-0.4, -0.2) is 17.1 Å². The zero-order valence-electron chi connectivity index (χ0n) is 9.55. The monoisotopic (exact) mass is 260 g/mol. The van der Waals surface area contributed by atoms with Crippen molar-refractivity contribution in [3.8, 4) is 16.5 Å². The van der Waals surface area contributed by atoms with Gasteiger partial charge in [-0.1, -0.05) is 0 Å². The van der Waals surface area contributed by atoms with E-state index in [-0.39, 0.29) is 5.82 Å². The summed E-state index contributed by atoms with van der Waals surface area (Å²) < 4.78 is 19.0. The number of rotatable bonds is 2. The summed E-state index contributed by atoms with van der Waals surface area (Å²) in [6.07, 6.45) is 1.20. The second-order valence-electron chi connectivity index (χ2n) is 3.71. The van der Waals surface area contributed by atoms with Crippen LogP contribution in [0.25, 0.3) is 20.9 Å². The molecule has 3 nitrogen and oxygen atoms in total. The van der Waals surface area contributed by atoms with E-state index in [1.54, 1.807) is 13.2 Å². The first-order chi connectivity index (χ1) is 8.76. The van der Waals surface area contributed by atoms with Gasteiger partial charge in [-0.25, -0.2) is 9.37 Å². The molecule has 2 aromatic heterocycles. The zero-order valence-corrected chi connectivity index (χ0v) is 10.4. The van der Waals surface area contributed by atoms with Crippen LogP contribution in [0.1, 0.15) is 0 Å². The third kappa shape index (κ3) is 1.93. The van der Waals surface area contributed by atoms with Gasteiger partial charge < -0.3 is 4.74 Å². The predicted octanol–water partition coefficient (Wildman–Crippen LogP) is 3.51. The average molecular weight is 260 g/mol. The van der Waals surface area contributed by atoms with E-state index in [1.807, 2.05) is 18.2 Å². The van der Waals surface area contributed by atoms with E-state index >= 15 is 0 Å². The minimum Gasteiger partial charge on any atom is -0.497 e. The molecular weight excluding hydrogens is 251 g/mol. The van der Waals surface area contributed by atoms with E-state index in [2.05, 4.69) is 9.97 Å². The smallest absolute Gasteiger partial charge is 0.143 e. The van der Waals surface area contributed by atoms with Gasteiger partial charge in [-0.15, -0.1) is 11.3 Å². The first-order valence-electron chi connectivity index (χ1n) is 5.33. The van der Waals surface area contributed by atoms with Crippen molar-refractivity contribution in [3.63, 3.8) is 0 Å². The largest absolute Gasteiger partial charge is 0.497 e. The van der Waals surface area contributed by atoms with Gasteiger partial charge in [0.05, 0.1) is 29.2 Å². The number of pyridine rings is 1. The summed E-state index contributed by atoms with van der Waals surface area (Å²) >= 11 is 1.51. The third-order valence-electron chi connectivity index (χ3n) is 2.54. The van der Waals surface area contributed by atoms with Crippen LogP contribution in [0.3, 0.4) is 0 Å². The minimum atomic E-state index is -0.346. The zero-order chi connectivity index (χ0) is 12.5. The molecule has 5 heteroatoms. The lowest BCUT2D eigenvalue weighted by atomic mass is 10.3. The Kier molecular flexibility index (Phi) is 2.68. The lowest BCUT2D eigenvalue weighted by Crippen LogP contribution is -1.83. The predicted molar refractivity (Wildman–Crippen MR) is 69.4 cm³/mol. The lowest BCUT2D eigenvalue weighted by Gasteiger charge is -1.96. The second kappa shape index (κ2) is 4.34. The van der Waals surface area contributed by atoms with Crippen molar-refractivity contribution in [2.45, 2.75) is 0 Å². The summed E-state index contributed by atoms with van der Waals surface area (Å²) in [6, 6.07) is 8.71. The molecule has 0 N–H and O–H groups in total. The number of nitrogens with zero attached hydrogens (tertiary/aromatic N) is 2. The average Bonchev–Trinajstić information content (AvgIpc) is 2.82. The molecule has 0 amide bonds. The Hall–Kier alpha value is -2.01. The molecule has 0 radical (unpaired) electrons. The number of hydrogen-bond donors (Lipinski definition) is 0. The molecule has 1 aromatic carbocycles. The molecule has 3 rings (SSSR count).